The van der Waals surface area contributed by atoms with Crippen LogP contribution in [-0.2, 0) is 11.3 Å². The molecule has 1 fully saturated rings. The summed E-state index contributed by atoms with van der Waals surface area (Å²) in [4.78, 5) is 0. The van der Waals surface area contributed by atoms with E-state index >= 15 is 0 Å². The third-order valence-electron chi connectivity index (χ3n) is 2.98. The molecular weight excluding hydrogens is 252 g/mol. The Labute approximate surface area is 100.0 Å². The maximum Gasteiger partial charge on any atom is 0.0717 e. The van der Waals surface area contributed by atoms with Gasteiger partial charge in [0.25, 0.3) is 0 Å². The van der Waals surface area contributed by atoms with E-state index in [0.29, 0.717) is 0 Å². The second-order valence-corrected chi connectivity index (χ2v) is 5.50. The second kappa shape index (κ2) is 5.13. The molecule has 2 heteroatoms. The SMILES string of the molecule is CC1CC(COCc2cccc(Br)c2)C1. The molecule has 1 saturated carbocycles. The number of rotatable bonds is 4. The molecule has 15 heavy (non-hydrogen) atoms. The fourth-order valence-corrected chi connectivity index (χ4v) is 2.62. The highest BCUT2D eigenvalue weighted by Gasteiger charge is 2.24. The molecule has 0 aliphatic heterocycles. The fraction of sp³-hybridized carbons (Fsp3) is 0.538. The molecule has 0 saturated heterocycles. The van der Waals surface area contributed by atoms with Crippen molar-refractivity contribution in [2.45, 2.75) is 26.4 Å². The summed E-state index contributed by atoms with van der Waals surface area (Å²) in [6, 6.07) is 8.31. The van der Waals surface area contributed by atoms with Crippen molar-refractivity contribution in [1.82, 2.24) is 0 Å². The Bertz CT molecular complexity index is 318. The quantitative estimate of drug-likeness (QED) is 0.802. The zero-order chi connectivity index (χ0) is 10.7. The van der Waals surface area contributed by atoms with Crippen molar-refractivity contribution in [1.29, 1.82) is 0 Å². The molecule has 0 bridgehead atoms. The summed E-state index contributed by atoms with van der Waals surface area (Å²) in [5, 5.41) is 0. The van der Waals surface area contributed by atoms with E-state index in [-0.39, 0.29) is 0 Å². The molecule has 0 amide bonds. The van der Waals surface area contributed by atoms with Crippen molar-refractivity contribution < 1.29 is 4.74 Å². The van der Waals surface area contributed by atoms with Gasteiger partial charge in [0.2, 0.25) is 0 Å². The van der Waals surface area contributed by atoms with E-state index in [9.17, 15) is 0 Å². The summed E-state index contributed by atoms with van der Waals surface area (Å²) in [6.45, 7) is 3.98. The Hall–Kier alpha value is -0.340. The van der Waals surface area contributed by atoms with Gasteiger partial charge in [-0.1, -0.05) is 35.0 Å². The number of benzene rings is 1. The summed E-state index contributed by atoms with van der Waals surface area (Å²) in [5.41, 5.74) is 1.25. The summed E-state index contributed by atoms with van der Waals surface area (Å²) < 4.78 is 6.83. The molecule has 0 aromatic heterocycles. The molecule has 82 valence electrons. The average Bonchev–Trinajstić information content (AvgIpc) is 2.15. The molecule has 0 radical (unpaired) electrons. The number of ether oxygens (including phenoxy) is 1. The summed E-state index contributed by atoms with van der Waals surface area (Å²) in [6.07, 6.45) is 2.69. The predicted octanol–water partition coefficient (Wildman–Crippen LogP) is 4.01. The smallest absolute Gasteiger partial charge is 0.0717 e. The third kappa shape index (κ3) is 3.32. The van der Waals surface area contributed by atoms with Crippen LogP contribution in [0.15, 0.2) is 28.7 Å². The van der Waals surface area contributed by atoms with Gasteiger partial charge in [-0.2, -0.15) is 0 Å². The van der Waals surface area contributed by atoms with Gasteiger partial charge in [-0.05, 0) is 42.4 Å². The molecule has 0 spiro atoms. The van der Waals surface area contributed by atoms with Crippen LogP contribution in [0.3, 0.4) is 0 Å². The highest BCUT2D eigenvalue weighted by Crippen LogP contribution is 2.33. The maximum atomic E-state index is 5.71. The lowest BCUT2D eigenvalue weighted by atomic mass is 9.77. The van der Waals surface area contributed by atoms with Crippen molar-refractivity contribution in [3.05, 3.63) is 34.3 Å². The third-order valence-corrected chi connectivity index (χ3v) is 3.48. The molecule has 1 aliphatic rings. The van der Waals surface area contributed by atoms with E-state index in [1.54, 1.807) is 0 Å². The van der Waals surface area contributed by atoms with Crippen LogP contribution < -0.4 is 0 Å². The lowest BCUT2D eigenvalue weighted by Gasteiger charge is -2.32. The van der Waals surface area contributed by atoms with Crippen LogP contribution in [-0.4, -0.2) is 6.61 Å². The zero-order valence-electron chi connectivity index (χ0n) is 9.08. The van der Waals surface area contributed by atoms with Gasteiger partial charge in [0, 0.05) is 11.1 Å². The minimum Gasteiger partial charge on any atom is -0.376 e. The monoisotopic (exact) mass is 268 g/mol. The lowest BCUT2D eigenvalue weighted by molar-refractivity contribution is 0.0391. The first-order chi connectivity index (χ1) is 7.24. The Morgan fingerprint density at radius 3 is 2.87 bits per heavy atom. The molecule has 0 N–H and O–H groups in total. The van der Waals surface area contributed by atoms with E-state index in [1.807, 2.05) is 12.1 Å². The number of hydrogen-bond acceptors (Lipinski definition) is 1. The van der Waals surface area contributed by atoms with Gasteiger partial charge in [0.1, 0.15) is 0 Å². The summed E-state index contributed by atoms with van der Waals surface area (Å²) in [5.74, 6) is 1.73. The standard InChI is InChI=1S/C13H17BrO/c1-10-5-12(6-10)9-15-8-11-3-2-4-13(14)7-11/h2-4,7,10,12H,5-6,8-9H2,1H3. The zero-order valence-corrected chi connectivity index (χ0v) is 10.7. The second-order valence-electron chi connectivity index (χ2n) is 4.59. The fourth-order valence-electron chi connectivity index (χ4n) is 2.18. The van der Waals surface area contributed by atoms with Gasteiger partial charge < -0.3 is 4.74 Å². The van der Waals surface area contributed by atoms with Crippen LogP contribution in [0.2, 0.25) is 0 Å². The van der Waals surface area contributed by atoms with E-state index in [4.69, 9.17) is 4.74 Å². The first-order valence-corrected chi connectivity index (χ1v) is 6.35. The predicted molar refractivity (Wildman–Crippen MR) is 65.7 cm³/mol. The summed E-state index contributed by atoms with van der Waals surface area (Å²) in [7, 11) is 0. The number of hydrogen-bond donors (Lipinski definition) is 0. The van der Waals surface area contributed by atoms with Crippen molar-refractivity contribution >= 4 is 15.9 Å². The molecule has 0 atom stereocenters. The normalized spacial score (nSPS) is 24.9. The lowest BCUT2D eigenvalue weighted by Crippen LogP contribution is -2.25. The van der Waals surface area contributed by atoms with Crippen LogP contribution >= 0.6 is 15.9 Å². The highest BCUT2D eigenvalue weighted by molar-refractivity contribution is 9.10. The van der Waals surface area contributed by atoms with Gasteiger partial charge in [-0.15, -0.1) is 0 Å². The average molecular weight is 269 g/mol. The summed E-state index contributed by atoms with van der Waals surface area (Å²) >= 11 is 3.46. The molecule has 2 rings (SSSR count). The van der Waals surface area contributed by atoms with Crippen LogP contribution in [0, 0.1) is 11.8 Å². The maximum absolute atomic E-state index is 5.71. The largest absolute Gasteiger partial charge is 0.376 e. The van der Waals surface area contributed by atoms with Crippen molar-refractivity contribution in [3.8, 4) is 0 Å². The van der Waals surface area contributed by atoms with E-state index in [0.717, 1.165) is 29.5 Å². The van der Waals surface area contributed by atoms with Gasteiger partial charge >= 0.3 is 0 Å². The van der Waals surface area contributed by atoms with Gasteiger partial charge in [0.05, 0.1) is 6.61 Å². The topological polar surface area (TPSA) is 9.23 Å². The molecule has 1 aliphatic carbocycles. The molecular formula is C13H17BrO. The highest BCUT2D eigenvalue weighted by atomic mass is 79.9. The first-order valence-electron chi connectivity index (χ1n) is 5.56. The molecule has 1 nitrogen and oxygen atoms in total. The number of halogens is 1. The van der Waals surface area contributed by atoms with E-state index in [2.05, 4.69) is 35.0 Å². The van der Waals surface area contributed by atoms with Crippen LogP contribution in [0.25, 0.3) is 0 Å². The Balaban J connectivity index is 1.69. The van der Waals surface area contributed by atoms with Crippen molar-refractivity contribution in [2.75, 3.05) is 6.61 Å². The Morgan fingerprint density at radius 1 is 1.40 bits per heavy atom. The van der Waals surface area contributed by atoms with Crippen LogP contribution in [0.5, 0.6) is 0 Å². The minimum absolute atomic E-state index is 0.740. The molecule has 0 unspecified atom stereocenters. The van der Waals surface area contributed by atoms with Crippen LogP contribution in [0.1, 0.15) is 25.3 Å². The van der Waals surface area contributed by atoms with Gasteiger partial charge in [0.15, 0.2) is 0 Å². The molecule has 1 aromatic rings. The molecule has 1 aromatic carbocycles. The van der Waals surface area contributed by atoms with Crippen molar-refractivity contribution in [2.24, 2.45) is 11.8 Å². The first kappa shape index (κ1) is 11.2. The van der Waals surface area contributed by atoms with Crippen molar-refractivity contribution in [3.63, 3.8) is 0 Å². The minimum atomic E-state index is 0.740. The van der Waals surface area contributed by atoms with Gasteiger partial charge in [-0.25, -0.2) is 0 Å². The van der Waals surface area contributed by atoms with Gasteiger partial charge in [-0.3, -0.25) is 0 Å². The van der Waals surface area contributed by atoms with Crippen LogP contribution in [0.4, 0.5) is 0 Å². The van der Waals surface area contributed by atoms with E-state index in [1.165, 1.54) is 18.4 Å². The molecule has 0 heterocycles. The Kier molecular flexibility index (Phi) is 3.81. The van der Waals surface area contributed by atoms with E-state index < -0.39 is 0 Å². The Morgan fingerprint density at radius 2 is 2.20 bits per heavy atom.